The minimum atomic E-state index is -4.38. The van der Waals surface area contributed by atoms with Crippen LogP contribution in [0.15, 0.2) is 66.7 Å². The minimum Gasteiger partial charge on any atom is -0.470 e. The summed E-state index contributed by atoms with van der Waals surface area (Å²) >= 11 is 0. The van der Waals surface area contributed by atoms with E-state index in [-0.39, 0.29) is 24.6 Å². The summed E-state index contributed by atoms with van der Waals surface area (Å²) in [6.07, 6.45) is -2.16. The average molecular weight is 391 g/mol. The minimum absolute atomic E-state index is 0. The molecule has 7 heteroatoms. The van der Waals surface area contributed by atoms with Crippen LogP contribution in [0.5, 0.6) is 11.5 Å². The summed E-state index contributed by atoms with van der Waals surface area (Å²) in [7, 11) is 0. The number of anilines is 1. The van der Waals surface area contributed by atoms with Crippen molar-refractivity contribution in [3.05, 3.63) is 96.4 Å². The molecule has 0 aliphatic rings. The molecule has 0 bridgehead atoms. The van der Waals surface area contributed by atoms with Gasteiger partial charge in [-0.1, -0.05) is 5.69 Å². The maximum absolute atomic E-state index is 12.4. The molecule has 0 saturated heterocycles. The first-order valence-electron chi connectivity index (χ1n) is 8.20. The molecule has 3 nitrogen and oxygen atoms in total. The standard InChI is InChI=1S/C16H11F3O2.C6H6N.Li/c1-2-11-3-6-15(9-12(11)10-20)21-14-7-4-13(5-8-14)16(17,18)19;7-6-4-2-1-3-5-6;/h3-9H,1-2H2;1-2,4-5H,7H2;/q-2;-1;+1. The van der Waals surface area contributed by atoms with Gasteiger partial charge in [0.05, 0.1) is 17.6 Å². The zero-order valence-corrected chi connectivity index (χ0v) is 15.8. The van der Waals surface area contributed by atoms with Gasteiger partial charge in [-0.25, -0.2) is 6.42 Å². The van der Waals surface area contributed by atoms with Crippen molar-refractivity contribution in [1.29, 1.82) is 0 Å². The summed E-state index contributed by atoms with van der Waals surface area (Å²) in [6, 6.07) is 19.2. The Morgan fingerprint density at radius 3 is 2.17 bits per heavy atom. The molecule has 146 valence electrons. The molecule has 0 fully saturated rings. The molecule has 3 aromatic carbocycles. The van der Waals surface area contributed by atoms with Crippen LogP contribution in [-0.2, 0) is 17.4 Å². The third-order valence-corrected chi connectivity index (χ3v) is 3.61. The molecular weight excluding hydrogens is 374 g/mol. The van der Waals surface area contributed by atoms with Crippen molar-refractivity contribution in [2.75, 3.05) is 5.73 Å². The second kappa shape index (κ2) is 11.4. The third kappa shape index (κ3) is 7.69. The Balaban J connectivity index is 0.000000445. The molecule has 2 N–H and O–H groups in total. The van der Waals surface area contributed by atoms with Crippen molar-refractivity contribution in [2.24, 2.45) is 0 Å². The van der Waals surface area contributed by atoms with Gasteiger partial charge < -0.3 is 22.2 Å². The molecule has 0 amide bonds. The summed E-state index contributed by atoms with van der Waals surface area (Å²) in [6.45, 7) is 3.68. The van der Waals surface area contributed by atoms with E-state index in [4.69, 9.17) is 10.5 Å². The largest absolute Gasteiger partial charge is 1.00 e. The van der Waals surface area contributed by atoms with Gasteiger partial charge in [-0.15, -0.1) is 17.7 Å². The van der Waals surface area contributed by atoms with Crippen molar-refractivity contribution in [3.63, 3.8) is 0 Å². The van der Waals surface area contributed by atoms with E-state index < -0.39 is 11.7 Å². The predicted molar refractivity (Wildman–Crippen MR) is 102 cm³/mol. The van der Waals surface area contributed by atoms with Crippen molar-refractivity contribution < 1.29 is 41.6 Å². The summed E-state index contributed by atoms with van der Waals surface area (Å²) in [5.74, 6) is 0.604. The van der Waals surface area contributed by atoms with E-state index in [1.54, 1.807) is 24.5 Å². The topological polar surface area (TPSA) is 52.3 Å². The van der Waals surface area contributed by atoms with E-state index in [0.717, 1.165) is 23.4 Å². The van der Waals surface area contributed by atoms with Gasteiger partial charge in [0.15, 0.2) is 0 Å². The maximum atomic E-state index is 12.4. The van der Waals surface area contributed by atoms with Crippen LogP contribution in [0.3, 0.4) is 0 Å². The van der Waals surface area contributed by atoms with Crippen LogP contribution in [0.1, 0.15) is 16.7 Å². The van der Waals surface area contributed by atoms with Crippen molar-refractivity contribution in [1.82, 2.24) is 0 Å². The van der Waals surface area contributed by atoms with E-state index in [9.17, 15) is 18.0 Å². The SMILES string of the molecule is Nc1c[c-]ccc1.[CH2-]Cc1ccc(Oc2ccc(C(F)(F)F)cc2)cc1[C-]=O.[Li+]. The van der Waals surface area contributed by atoms with E-state index in [1.807, 2.05) is 18.2 Å². The van der Waals surface area contributed by atoms with E-state index in [1.165, 1.54) is 18.2 Å². The molecule has 0 aliphatic carbocycles. The first-order valence-corrected chi connectivity index (χ1v) is 8.20. The van der Waals surface area contributed by atoms with Crippen LogP contribution in [-0.4, -0.2) is 6.29 Å². The number of alkyl halides is 3. The zero-order valence-electron chi connectivity index (χ0n) is 15.8. The Kier molecular flexibility index (Phi) is 9.53. The molecule has 0 heterocycles. The van der Waals surface area contributed by atoms with E-state index >= 15 is 0 Å². The van der Waals surface area contributed by atoms with Crippen LogP contribution in [0.25, 0.3) is 0 Å². The van der Waals surface area contributed by atoms with Crippen LogP contribution in [0.2, 0.25) is 0 Å². The fourth-order valence-corrected chi connectivity index (χ4v) is 2.19. The molecular formula is C22H17F3LiNO2-2. The summed E-state index contributed by atoms with van der Waals surface area (Å²) in [4.78, 5) is 10.8. The molecule has 0 aliphatic heterocycles. The van der Waals surface area contributed by atoms with Gasteiger partial charge >= 0.3 is 25.0 Å². The maximum Gasteiger partial charge on any atom is 1.00 e. The van der Waals surface area contributed by atoms with Crippen LogP contribution < -0.4 is 29.3 Å². The third-order valence-electron chi connectivity index (χ3n) is 3.61. The number of hydrogen-bond donors (Lipinski definition) is 1. The van der Waals surface area contributed by atoms with Gasteiger partial charge in [0, 0.05) is 0 Å². The number of rotatable bonds is 4. The van der Waals surface area contributed by atoms with Gasteiger partial charge in [0.25, 0.3) is 0 Å². The van der Waals surface area contributed by atoms with Gasteiger partial charge in [-0.05, 0) is 30.3 Å². The second-order valence-electron chi connectivity index (χ2n) is 5.63. The van der Waals surface area contributed by atoms with Crippen molar-refractivity contribution >= 4 is 12.0 Å². The second-order valence-corrected chi connectivity index (χ2v) is 5.63. The zero-order chi connectivity index (χ0) is 20.6. The first-order chi connectivity index (χ1) is 13.3. The predicted octanol–water partition coefficient (Wildman–Crippen LogP) is 2.41. The Hall–Kier alpha value is -2.68. The normalized spacial score (nSPS) is 10.2. The molecule has 3 aromatic rings. The van der Waals surface area contributed by atoms with Crippen LogP contribution >= 0.6 is 0 Å². The Bertz CT molecular complexity index is 898. The monoisotopic (exact) mass is 391 g/mol. The number of carbonyl (C=O) groups excluding carboxylic acids is 1. The molecule has 29 heavy (non-hydrogen) atoms. The first kappa shape index (κ1) is 24.4. The fourth-order valence-electron chi connectivity index (χ4n) is 2.19. The number of ether oxygens (including phenoxy) is 1. The smallest absolute Gasteiger partial charge is 0.470 e. The Labute approximate surface area is 179 Å². The molecule has 0 spiro atoms. The van der Waals surface area contributed by atoms with Gasteiger partial charge in [0.1, 0.15) is 5.75 Å². The van der Waals surface area contributed by atoms with Gasteiger partial charge in [0.2, 0.25) is 0 Å². The summed E-state index contributed by atoms with van der Waals surface area (Å²) < 4.78 is 42.7. The van der Waals surface area contributed by atoms with Crippen molar-refractivity contribution in [2.45, 2.75) is 12.6 Å². The quantitative estimate of drug-likeness (QED) is 0.422. The average Bonchev–Trinajstić information content (AvgIpc) is 2.68. The summed E-state index contributed by atoms with van der Waals surface area (Å²) in [5, 5.41) is 0. The Morgan fingerprint density at radius 2 is 1.72 bits per heavy atom. The number of nitrogen functional groups attached to an aromatic ring is 1. The number of hydrogen-bond acceptors (Lipinski definition) is 3. The van der Waals surface area contributed by atoms with Crippen molar-refractivity contribution in [3.8, 4) is 11.5 Å². The fraction of sp³-hybridized carbons (Fsp3) is 0.0909. The molecule has 0 unspecified atom stereocenters. The number of nitrogens with two attached hydrogens (primary N) is 1. The molecule has 0 atom stereocenters. The van der Waals surface area contributed by atoms with Crippen LogP contribution in [0, 0.1) is 13.0 Å². The van der Waals surface area contributed by atoms with Gasteiger partial charge in [-0.3, -0.25) is 0 Å². The van der Waals surface area contributed by atoms with Gasteiger partial charge in [-0.2, -0.15) is 49.1 Å². The number of halogens is 3. The molecule has 3 rings (SSSR count). The van der Waals surface area contributed by atoms with Crippen LogP contribution in [0.4, 0.5) is 18.9 Å². The number of benzene rings is 3. The summed E-state index contributed by atoms with van der Waals surface area (Å²) in [5.41, 5.74) is 6.40. The molecule has 0 radical (unpaired) electrons. The molecule has 0 saturated carbocycles. The van der Waals surface area contributed by atoms with E-state index in [0.29, 0.717) is 17.7 Å². The Morgan fingerprint density at radius 1 is 1.07 bits per heavy atom. The molecule has 0 aromatic heterocycles. The van der Waals surface area contributed by atoms with E-state index in [2.05, 4.69) is 13.0 Å².